The third-order valence-corrected chi connectivity index (χ3v) is 0.866. The molecule has 0 saturated heterocycles. The van der Waals surface area contributed by atoms with Gasteiger partial charge in [0.05, 0.1) is 0 Å². The van der Waals surface area contributed by atoms with Gasteiger partial charge in [0.15, 0.2) is 0 Å². The molecule has 0 aliphatic rings. The Bertz CT molecular complexity index is 45.0. The van der Waals surface area contributed by atoms with Crippen LogP contribution in [-0.4, -0.2) is 21.8 Å². The molecule has 0 aliphatic heterocycles. The maximum atomic E-state index is 8.36. The first kappa shape index (κ1) is 9.66. The van der Waals surface area contributed by atoms with Crippen molar-refractivity contribution in [3.63, 3.8) is 0 Å². The first-order valence-corrected chi connectivity index (χ1v) is 3.43. The number of hydrogen-bond acceptors (Lipinski definition) is 1. The third kappa shape index (κ3) is 350. The molecule has 0 atom stereocenters. The topological polar surface area (TPSA) is 37.3 Å². The van der Waals surface area contributed by atoms with Gasteiger partial charge in [-0.15, -0.1) is 6.58 Å². The van der Waals surface area contributed by atoms with Gasteiger partial charge < -0.3 is 5.11 Å². The van der Waals surface area contributed by atoms with Crippen LogP contribution in [0, 0.1) is 0 Å². The first-order chi connectivity index (χ1) is 3.33. The van der Waals surface area contributed by atoms with E-state index in [1.54, 1.807) is 0 Å². The Hall–Kier alpha value is -0.573. The molecule has 3 heteroatoms. The number of carbonyl (C=O) groups is 1. The zero-order valence-electron chi connectivity index (χ0n) is 4.42. The van der Waals surface area contributed by atoms with Crippen molar-refractivity contribution in [2.45, 2.75) is 6.04 Å². The Morgan fingerprint density at radius 2 is 2.00 bits per heavy atom. The fraction of sp³-hybridized carbons (Fsp3) is 0.250. The minimum absolute atomic E-state index is 0.250. The monoisotopic (exact) mass is 118 g/mol. The van der Waals surface area contributed by atoms with Crippen LogP contribution in [-0.2, 0) is 4.79 Å². The lowest BCUT2D eigenvalue weighted by Gasteiger charge is -1.57. The highest BCUT2D eigenvalue weighted by Crippen LogP contribution is 1.61. The molecule has 0 aromatic heterocycles. The summed E-state index contributed by atoms with van der Waals surface area (Å²) >= 11 is 0. The number of allylic oxidation sites excluding steroid dienone is 1. The molecule has 0 unspecified atom stereocenters. The van der Waals surface area contributed by atoms with Gasteiger partial charge in [-0.3, -0.25) is 4.79 Å². The van der Waals surface area contributed by atoms with Crippen LogP contribution in [0.15, 0.2) is 12.7 Å². The van der Waals surface area contributed by atoms with Crippen LogP contribution < -0.4 is 0 Å². The summed E-state index contributed by atoms with van der Waals surface area (Å²) in [5.74, 6) is 0. The van der Waals surface area contributed by atoms with Crippen molar-refractivity contribution in [2.75, 3.05) is 0 Å². The highest BCUT2D eigenvalue weighted by molar-refractivity contribution is 6.09. The third-order valence-electron chi connectivity index (χ3n) is 0.289. The minimum atomic E-state index is -0.250. The second kappa shape index (κ2) is 18.1. The molecule has 0 radical (unpaired) electrons. The fourth-order valence-corrected chi connectivity index (χ4v) is 0. The van der Waals surface area contributed by atoms with Crippen LogP contribution in [0.25, 0.3) is 0 Å². The number of hydrogen-bond donors (Lipinski definition) is 1. The van der Waals surface area contributed by atoms with E-state index in [1.165, 1.54) is 16.3 Å². The molecule has 0 spiro atoms. The summed E-state index contributed by atoms with van der Waals surface area (Å²) in [7, 11) is 1.27. The molecule has 0 bridgehead atoms. The van der Waals surface area contributed by atoms with Gasteiger partial charge in [-0.25, -0.2) is 0 Å². The van der Waals surface area contributed by atoms with E-state index in [1.807, 2.05) is 6.08 Å². The smallest absolute Gasteiger partial charge is 0.290 e. The molecular weight excluding hydrogens is 108 g/mol. The van der Waals surface area contributed by atoms with E-state index in [2.05, 4.69) is 6.58 Å². The van der Waals surface area contributed by atoms with Gasteiger partial charge in [0.2, 0.25) is 0 Å². The van der Waals surface area contributed by atoms with Crippen LogP contribution in [0.1, 0.15) is 0 Å². The molecule has 0 fully saturated rings. The highest BCUT2D eigenvalue weighted by atomic mass is 28.1. The molecule has 0 aromatic carbocycles. The second-order valence-corrected chi connectivity index (χ2v) is 1.62. The van der Waals surface area contributed by atoms with Crippen LogP contribution in [0.2, 0.25) is 6.04 Å². The van der Waals surface area contributed by atoms with Crippen LogP contribution in [0.4, 0.5) is 0 Å². The van der Waals surface area contributed by atoms with Crippen molar-refractivity contribution in [3.05, 3.63) is 12.7 Å². The average molecular weight is 118 g/mol. The van der Waals surface area contributed by atoms with Gasteiger partial charge >= 0.3 is 0 Å². The number of rotatable bonds is 1. The summed E-state index contributed by atoms with van der Waals surface area (Å²) in [6, 6.07) is 1.22. The van der Waals surface area contributed by atoms with Gasteiger partial charge in [0.1, 0.15) is 0 Å². The van der Waals surface area contributed by atoms with E-state index in [0.29, 0.717) is 0 Å². The SMILES string of the molecule is C=CC[SiH3].O=CO. The van der Waals surface area contributed by atoms with Crippen LogP contribution in [0.5, 0.6) is 0 Å². The summed E-state index contributed by atoms with van der Waals surface area (Å²) in [5, 5.41) is 6.89. The van der Waals surface area contributed by atoms with E-state index in [0.717, 1.165) is 0 Å². The van der Waals surface area contributed by atoms with Crippen molar-refractivity contribution >= 4 is 16.7 Å². The lowest BCUT2D eigenvalue weighted by molar-refractivity contribution is -0.122. The zero-order chi connectivity index (χ0) is 6.12. The average Bonchev–Trinajstić information content (AvgIpc) is 1.69. The zero-order valence-corrected chi connectivity index (χ0v) is 6.42. The summed E-state index contributed by atoms with van der Waals surface area (Å²) < 4.78 is 0. The van der Waals surface area contributed by atoms with Gasteiger partial charge in [0.25, 0.3) is 6.47 Å². The standard InChI is InChI=1S/C3H8Si.CH2O2/c1-2-3-4;2-1-3/h2H,1,3H2,4H3;1H,(H,2,3). The molecule has 42 valence electrons. The van der Waals surface area contributed by atoms with Crippen molar-refractivity contribution < 1.29 is 9.90 Å². The van der Waals surface area contributed by atoms with Gasteiger partial charge in [-0.05, 0) is 6.04 Å². The Morgan fingerprint density at radius 1 is 1.86 bits per heavy atom. The Morgan fingerprint density at radius 3 is 2.00 bits per heavy atom. The fourth-order valence-electron chi connectivity index (χ4n) is 0. The maximum absolute atomic E-state index is 8.36. The predicted octanol–water partition coefficient (Wildman–Crippen LogP) is -0.343. The lowest BCUT2D eigenvalue weighted by atomic mass is 10.8. The molecule has 0 heterocycles. The van der Waals surface area contributed by atoms with Crippen molar-refractivity contribution in [1.82, 2.24) is 0 Å². The normalized spacial score (nSPS) is 5.71. The number of carboxylic acid groups (broad SMARTS) is 1. The van der Waals surface area contributed by atoms with E-state index in [4.69, 9.17) is 9.90 Å². The summed E-state index contributed by atoms with van der Waals surface area (Å²) in [5.41, 5.74) is 0. The summed E-state index contributed by atoms with van der Waals surface area (Å²) in [4.78, 5) is 8.36. The summed E-state index contributed by atoms with van der Waals surface area (Å²) in [6.07, 6.45) is 1.94. The van der Waals surface area contributed by atoms with Crippen molar-refractivity contribution in [2.24, 2.45) is 0 Å². The highest BCUT2D eigenvalue weighted by Gasteiger charge is 1.46. The molecule has 1 N–H and O–H groups in total. The Balaban J connectivity index is 0. The second-order valence-electron chi connectivity index (χ2n) is 0.802. The van der Waals surface area contributed by atoms with E-state index in [-0.39, 0.29) is 6.47 Å². The molecule has 0 rings (SSSR count). The van der Waals surface area contributed by atoms with Crippen molar-refractivity contribution in [3.8, 4) is 0 Å². The lowest BCUT2D eigenvalue weighted by Crippen LogP contribution is -1.49. The molecular formula is C4H10O2Si. The Labute approximate surface area is 46.3 Å². The van der Waals surface area contributed by atoms with E-state index < -0.39 is 0 Å². The van der Waals surface area contributed by atoms with Crippen molar-refractivity contribution in [1.29, 1.82) is 0 Å². The van der Waals surface area contributed by atoms with Gasteiger partial charge in [-0.1, -0.05) is 6.08 Å². The maximum Gasteiger partial charge on any atom is 0.290 e. The summed E-state index contributed by atoms with van der Waals surface area (Å²) in [6.45, 7) is 3.26. The van der Waals surface area contributed by atoms with Crippen LogP contribution >= 0.6 is 0 Å². The quantitative estimate of drug-likeness (QED) is 0.290. The molecule has 2 nitrogen and oxygen atoms in total. The van der Waals surface area contributed by atoms with E-state index in [9.17, 15) is 0 Å². The van der Waals surface area contributed by atoms with E-state index >= 15 is 0 Å². The Kier molecular flexibility index (Phi) is 24.9. The minimum Gasteiger partial charge on any atom is -0.483 e. The molecule has 0 aromatic rings. The van der Waals surface area contributed by atoms with Gasteiger partial charge in [0, 0.05) is 10.2 Å². The first-order valence-electron chi connectivity index (χ1n) is 2.02. The molecule has 7 heavy (non-hydrogen) atoms. The molecule has 0 aliphatic carbocycles. The van der Waals surface area contributed by atoms with Crippen LogP contribution in [0.3, 0.4) is 0 Å². The van der Waals surface area contributed by atoms with Gasteiger partial charge in [-0.2, -0.15) is 0 Å². The molecule has 0 saturated carbocycles. The largest absolute Gasteiger partial charge is 0.483 e. The molecule has 0 amide bonds. The predicted molar refractivity (Wildman–Crippen MR) is 33.6 cm³/mol.